The Bertz CT molecular complexity index is 306. The summed E-state index contributed by atoms with van der Waals surface area (Å²) in [5.74, 6) is 0. The third-order valence-corrected chi connectivity index (χ3v) is 1.97. The number of allylic oxidation sites excluding steroid dienone is 4. The fourth-order valence-corrected chi connectivity index (χ4v) is 1.00. The van der Waals surface area contributed by atoms with Gasteiger partial charge in [-0.1, -0.05) is 38.3 Å². The Kier molecular flexibility index (Phi) is 7.20. The standard InChI is InChI=1S/C13H20N2/c1-5-8-13(9-14)12(7-3)10-15-11(4)6-2/h5,7-8,10H,3-4,6,9,14H2,1-2H3/b8-5-,13-12-,15-10-. The average molecular weight is 204 g/mol. The van der Waals surface area contributed by atoms with E-state index in [9.17, 15) is 0 Å². The predicted molar refractivity (Wildman–Crippen MR) is 69.0 cm³/mol. The molecule has 0 atom stereocenters. The van der Waals surface area contributed by atoms with Gasteiger partial charge >= 0.3 is 0 Å². The highest BCUT2D eigenvalue weighted by molar-refractivity contribution is 5.84. The highest BCUT2D eigenvalue weighted by Gasteiger charge is 1.95. The molecule has 2 nitrogen and oxygen atoms in total. The highest BCUT2D eigenvalue weighted by atomic mass is 14.7. The van der Waals surface area contributed by atoms with Gasteiger partial charge in [0, 0.05) is 18.5 Å². The van der Waals surface area contributed by atoms with Crippen molar-refractivity contribution in [1.82, 2.24) is 0 Å². The van der Waals surface area contributed by atoms with E-state index in [1.165, 1.54) is 0 Å². The second-order valence-electron chi connectivity index (χ2n) is 3.07. The first-order valence-electron chi connectivity index (χ1n) is 5.09. The first-order valence-corrected chi connectivity index (χ1v) is 5.09. The summed E-state index contributed by atoms with van der Waals surface area (Å²) in [5.41, 5.74) is 8.46. The van der Waals surface area contributed by atoms with Gasteiger partial charge in [0.2, 0.25) is 0 Å². The zero-order valence-corrected chi connectivity index (χ0v) is 9.66. The van der Waals surface area contributed by atoms with Crippen LogP contribution >= 0.6 is 0 Å². The summed E-state index contributed by atoms with van der Waals surface area (Å²) in [4.78, 5) is 4.23. The third kappa shape index (κ3) is 5.13. The van der Waals surface area contributed by atoms with Crippen molar-refractivity contribution in [3.63, 3.8) is 0 Å². The molecule has 0 rings (SSSR count). The zero-order chi connectivity index (χ0) is 11.7. The van der Waals surface area contributed by atoms with Crippen LogP contribution in [0.25, 0.3) is 0 Å². The van der Waals surface area contributed by atoms with E-state index in [4.69, 9.17) is 5.73 Å². The molecular weight excluding hydrogens is 184 g/mol. The Labute approximate surface area is 92.6 Å². The lowest BCUT2D eigenvalue weighted by Crippen LogP contribution is -2.04. The molecule has 15 heavy (non-hydrogen) atoms. The lowest BCUT2D eigenvalue weighted by Gasteiger charge is -2.01. The van der Waals surface area contributed by atoms with E-state index >= 15 is 0 Å². The lowest BCUT2D eigenvalue weighted by molar-refractivity contribution is 1.08. The molecule has 0 heterocycles. The van der Waals surface area contributed by atoms with Crippen molar-refractivity contribution >= 4 is 6.21 Å². The molecule has 0 aromatic carbocycles. The molecule has 0 radical (unpaired) electrons. The molecule has 0 aliphatic heterocycles. The highest BCUT2D eigenvalue weighted by Crippen LogP contribution is 2.06. The van der Waals surface area contributed by atoms with Crippen LogP contribution in [0.5, 0.6) is 0 Å². The molecule has 0 aliphatic carbocycles. The zero-order valence-electron chi connectivity index (χ0n) is 9.66. The van der Waals surface area contributed by atoms with Crippen LogP contribution in [0.4, 0.5) is 0 Å². The summed E-state index contributed by atoms with van der Waals surface area (Å²) in [6.45, 7) is 12.0. The van der Waals surface area contributed by atoms with Gasteiger partial charge in [-0.2, -0.15) is 0 Å². The van der Waals surface area contributed by atoms with Crippen molar-refractivity contribution < 1.29 is 0 Å². The lowest BCUT2D eigenvalue weighted by atomic mass is 10.1. The molecule has 0 fully saturated rings. The van der Waals surface area contributed by atoms with Crippen LogP contribution in [-0.2, 0) is 0 Å². The van der Waals surface area contributed by atoms with Crippen molar-refractivity contribution in [3.05, 3.63) is 48.2 Å². The third-order valence-electron chi connectivity index (χ3n) is 1.97. The minimum atomic E-state index is 0.482. The normalized spacial score (nSPS) is 13.3. The van der Waals surface area contributed by atoms with Crippen molar-refractivity contribution in [2.75, 3.05) is 6.54 Å². The molecule has 2 N–H and O–H groups in total. The van der Waals surface area contributed by atoms with Crippen LogP contribution < -0.4 is 5.73 Å². The molecular formula is C13H20N2. The number of hydrogen-bond donors (Lipinski definition) is 1. The van der Waals surface area contributed by atoms with Gasteiger partial charge in [0.25, 0.3) is 0 Å². The first-order chi connectivity index (χ1) is 7.19. The fraction of sp³-hybridized carbons (Fsp3) is 0.308. The summed E-state index contributed by atoms with van der Waals surface area (Å²) in [5, 5.41) is 0. The van der Waals surface area contributed by atoms with Crippen LogP contribution in [0.1, 0.15) is 20.3 Å². The van der Waals surface area contributed by atoms with E-state index in [1.54, 1.807) is 12.3 Å². The van der Waals surface area contributed by atoms with Crippen molar-refractivity contribution in [2.45, 2.75) is 20.3 Å². The molecule has 0 bridgehead atoms. The van der Waals surface area contributed by atoms with E-state index in [2.05, 4.69) is 18.2 Å². The van der Waals surface area contributed by atoms with Crippen molar-refractivity contribution in [1.29, 1.82) is 0 Å². The van der Waals surface area contributed by atoms with Crippen LogP contribution in [0, 0.1) is 0 Å². The van der Waals surface area contributed by atoms with E-state index < -0.39 is 0 Å². The topological polar surface area (TPSA) is 38.4 Å². The number of hydrogen-bond acceptors (Lipinski definition) is 2. The Hall–Kier alpha value is -1.41. The van der Waals surface area contributed by atoms with Gasteiger partial charge in [-0.25, -0.2) is 0 Å². The Morgan fingerprint density at radius 2 is 2.13 bits per heavy atom. The molecule has 0 saturated heterocycles. The van der Waals surface area contributed by atoms with E-state index in [-0.39, 0.29) is 0 Å². The van der Waals surface area contributed by atoms with Crippen molar-refractivity contribution in [3.8, 4) is 0 Å². The fourth-order valence-electron chi connectivity index (χ4n) is 1.00. The van der Waals surface area contributed by atoms with Gasteiger partial charge in [0.15, 0.2) is 0 Å². The Morgan fingerprint density at radius 1 is 1.47 bits per heavy atom. The molecule has 0 unspecified atom stereocenters. The van der Waals surface area contributed by atoms with Crippen LogP contribution in [0.3, 0.4) is 0 Å². The SMILES string of the molecule is C=CC(/C=N\C(=C)CC)=C(\C=C/C)CN. The molecule has 2 heteroatoms. The van der Waals surface area contributed by atoms with Crippen LogP contribution in [0.2, 0.25) is 0 Å². The number of nitrogens with two attached hydrogens (primary N) is 1. The quantitative estimate of drug-likeness (QED) is 0.524. The summed E-state index contributed by atoms with van der Waals surface area (Å²) < 4.78 is 0. The van der Waals surface area contributed by atoms with Crippen LogP contribution in [-0.4, -0.2) is 12.8 Å². The summed E-state index contributed by atoms with van der Waals surface area (Å²) in [6.07, 6.45) is 8.30. The molecule has 82 valence electrons. The Balaban J connectivity index is 4.94. The monoisotopic (exact) mass is 204 g/mol. The largest absolute Gasteiger partial charge is 0.326 e. The first kappa shape index (κ1) is 13.6. The van der Waals surface area contributed by atoms with Crippen molar-refractivity contribution in [2.24, 2.45) is 10.7 Å². The smallest absolute Gasteiger partial charge is 0.0346 e. The predicted octanol–water partition coefficient (Wildman–Crippen LogP) is 3.00. The van der Waals surface area contributed by atoms with Gasteiger partial charge in [-0.15, -0.1) is 0 Å². The summed E-state index contributed by atoms with van der Waals surface area (Å²) in [7, 11) is 0. The summed E-state index contributed by atoms with van der Waals surface area (Å²) >= 11 is 0. The molecule has 0 saturated carbocycles. The maximum absolute atomic E-state index is 5.63. The second-order valence-corrected chi connectivity index (χ2v) is 3.07. The minimum Gasteiger partial charge on any atom is -0.326 e. The molecule has 0 spiro atoms. The number of aliphatic imine (C=N–C) groups is 1. The average Bonchev–Trinajstić information content (AvgIpc) is 2.27. The number of rotatable bonds is 6. The number of nitrogens with zero attached hydrogens (tertiary/aromatic N) is 1. The van der Waals surface area contributed by atoms with Gasteiger partial charge in [-0.05, 0) is 24.5 Å². The van der Waals surface area contributed by atoms with E-state index in [1.807, 2.05) is 26.0 Å². The van der Waals surface area contributed by atoms with Gasteiger partial charge in [0.05, 0.1) is 0 Å². The summed E-state index contributed by atoms with van der Waals surface area (Å²) in [6, 6.07) is 0. The maximum atomic E-state index is 5.63. The van der Waals surface area contributed by atoms with E-state index in [0.29, 0.717) is 6.54 Å². The van der Waals surface area contributed by atoms with Gasteiger partial charge in [0.1, 0.15) is 0 Å². The van der Waals surface area contributed by atoms with Gasteiger partial charge < -0.3 is 5.73 Å². The molecule has 0 aromatic rings. The molecule has 0 aliphatic rings. The second kappa shape index (κ2) is 7.94. The van der Waals surface area contributed by atoms with Crippen LogP contribution in [0.15, 0.2) is 53.2 Å². The molecule has 0 amide bonds. The molecule has 0 aromatic heterocycles. The van der Waals surface area contributed by atoms with Gasteiger partial charge in [-0.3, -0.25) is 4.99 Å². The Morgan fingerprint density at radius 3 is 2.53 bits per heavy atom. The maximum Gasteiger partial charge on any atom is 0.0346 e. The van der Waals surface area contributed by atoms with E-state index in [0.717, 1.165) is 23.3 Å². The minimum absolute atomic E-state index is 0.482.